The third-order valence-electron chi connectivity index (χ3n) is 3.53. The summed E-state index contributed by atoms with van der Waals surface area (Å²) >= 11 is 2.20. The summed E-state index contributed by atoms with van der Waals surface area (Å²) in [5, 5.41) is 17.4. The Kier molecular flexibility index (Phi) is 10.6. The Morgan fingerprint density at radius 3 is 2.04 bits per heavy atom. The topological polar surface area (TPSA) is 122 Å². The number of hydrogen-bond acceptors (Lipinski definition) is 5. The van der Waals surface area contributed by atoms with E-state index < -0.39 is 24.0 Å². The summed E-state index contributed by atoms with van der Waals surface area (Å²) in [5.74, 6) is -1.88. The molecule has 5 N–H and O–H groups in total. The summed E-state index contributed by atoms with van der Waals surface area (Å²) < 4.78 is 1.13. The number of hydrogen-bond donors (Lipinski definition) is 4. The zero-order valence-corrected chi connectivity index (χ0v) is 17.0. The number of carboxylic acids is 2. The fourth-order valence-electron chi connectivity index (χ4n) is 2.13. The third kappa shape index (κ3) is 9.48. The predicted molar refractivity (Wildman–Crippen MR) is 110 cm³/mol. The molecular formula is C19H23IN2O5. The molecule has 0 fully saturated rings. The second-order valence-electron chi connectivity index (χ2n) is 5.68. The van der Waals surface area contributed by atoms with E-state index in [4.69, 9.17) is 15.9 Å². The number of benzene rings is 2. The Labute approximate surface area is 171 Å². The van der Waals surface area contributed by atoms with Gasteiger partial charge in [-0.15, -0.1) is 0 Å². The molecule has 0 saturated carbocycles. The van der Waals surface area contributed by atoms with E-state index in [0.29, 0.717) is 12.8 Å². The molecular weight excluding hydrogens is 463 g/mol. The molecule has 0 saturated heterocycles. The minimum absolute atomic E-state index is 0.381. The van der Waals surface area contributed by atoms with Gasteiger partial charge < -0.3 is 20.8 Å². The Hall–Kier alpha value is -2.01. The fraction of sp³-hybridized carbons (Fsp3) is 0.263. The highest BCUT2D eigenvalue weighted by Gasteiger charge is 2.16. The smallest absolute Gasteiger partial charge is 0.323 e. The van der Waals surface area contributed by atoms with Gasteiger partial charge in [0.15, 0.2) is 0 Å². The number of carbonyl (C=O) groups is 2. The number of halogens is 1. The first-order valence-electron chi connectivity index (χ1n) is 8.11. The molecule has 0 aliphatic carbocycles. The van der Waals surface area contributed by atoms with E-state index in [9.17, 15) is 9.59 Å². The summed E-state index contributed by atoms with van der Waals surface area (Å²) in [5.41, 5.74) is 9.73. The van der Waals surface area contributed by atoms with Crippen molar-refractivity contribution in [2.45, 2.75) is 24.9 Å². The minimum atomic E-state index is -0.960. The first-order valence-corrected chi connectivity index (χ1v) is 9.19. The van der Waals surface area contributed by atoms with Crippen LogP contribution in [0.1, 0.15) is 11.1 Å². The summed E-state index contributed by atoms with van der Waals surface area (Å²) in [6.07, 6.45) is 0.788. The van der Waals surface area contributed by atoms with Crippen molar-refractivity contribution in [3.63, 3.8) is 0 Å². The van der Waals surface area contributed by atoms with E-state index >= 15 is 0 Å². The standard InChI is InChI=1S/C10H13NO3.C9H10INO2/c1-14-11-9(10(12)13)7-8-5-3-2-4-6-8;10-7-3-1-6(2-4-7)5-8(11)9(12)13/h2-6,9,11H,7H2,1H3,(H,12,13);1-4,8H,5,11H2,(H,12,13)/t9-;8-/m00/s1. The van der Waals surface area contributed by atoms with Crippen molar-refractivity contribution in [1.82, 2.24) is 5.48 Å². The summed E-state index contributed by atoms with van der Waals surface area (Å²) in [6.45, 7) is 0. The van der Waals surface area contributed by atoms with Gasteiger partial charge in [-0.05, 0) is 52.3 Å². The average molecular weight is 486 g/mol. The predicted octanol–water partition coefficient (Wildman–Crippen LogP) is 2.08. The molecule has 7 nitrogen and oxygen atoms in total. The van der Waals surface area contributed by atoms with Crippen LogP contribution in [-0.4, -0.2) is 41.3 Å². The van der Waals surface area contributed by atoms with Crippen LogP contribution in [0.2, 0.25) is 0 Å². The average Bonchev–Trinajstić information content (AvgIpc) is 2.64. The van der Waals surface area contributed by atoms with Crippen LogP contribution in [0.3, 0.4) is 0 Å². The van der Waals surface area contributed by atoms with E-state index in [-0.39, 0.29) is 0 Å². The van der Waals surface area contributed by atoms with Crippen LogP contribution < -0.4 is 11.2 Å². The van der Waals surface area contributed by atoms with Crippen molar-refractivity contribution in [1.29, 1.82) is 0 Å². The maximum atomic E-state index is 10.8. The van der Waals surface area contributed by atoms with Crippen molar-refractivity contribution in [3.8, 4) is 0 Å². The molecule has 2 atom stereocenters. The lowest BCUT2D eigenvalue weighted by Crippen LogP contribution is -2.37. The summed E-state index contributed by atoms with van der Waals surface area (Å²) in [4.78, 5) is 25.8. The van der Waals surface area contributed by atoms with Crippen molar-refractivity contribution in [2.75, 3.05) is 7.11 Å². The number of nitrogens with one attached hydrogen (secondary N) is 1. The van der Waals surface area contributed by atoms with Gasteiger partial charge in [0.25, 0.3) is 0 Å². The van der Waals surface area contributed by atoms with Gasteiger partial charge in [-0.1, -0.05) is 42.5 Å². The highest BCUT2D eigenvalue weighted by atomic mass is 127. The molecule has 0 aromatic heterocycles. The molecule has 2 rings (SSSR count). The molecule has 0 unspecified atom stereocenters. The van der Waals surface area contributed by atoms with Gasteiger partial charge in [0.1, 0.15) is 12.1 Å². The van der Waals surface area contributed by atoms with E-state index in [2.05, 4.69) is 32.9 Å². The van der Waals surface area contributed by atoms with E-state index in [1.165, 1.54) is 7.11 Å². The van der Waals surface area contributed by atoms with Crippen LogP contribution in [0.25, 0.3) is 0 Å². The van der Waals surface area contributed by atoms with Crippen molar-refractivity contribution in [3.05, 3.63) is 69.3 Å². The third-order valence-corrected chi connectivity index (χ3v) is 4.25. The van der Waals surface area contributed by atoms with Crippen molar-refractivity contribution >= 4 is 34.5 Å². The lowest BCUT2D eigenvalue weighted by Gasteiger charge is -2.12. The first kappa shape index (κ1) is 23.0. The lowest BCUT2D eigenvalue weighted by atomic mass is 10.1. The molecule has 8 heteroatoms. The molecule has 0 amide bonds. The SMILES string of the molecule is CON[C@@H](Cc1ccccc1)C(=O)O.N[C@@H](Cc1ccc(I)cc1)C(=O)O. The van der Waals surface area contributed by atoms with Crippen LogP contribution in [0.5, 0.6) is 0 Å². The number of aliphatic carboxylic acids is 2. The van der Waals surface area contributed by atoms with Crippen LogP contribution in [0, 0.1) is 3.57 Å². The van der Waals surface area contributed by atoms with E-state index in [1.54, 1.807) is 0 Å². The van der Waals surface area contributed by atoms with Crippen LogP contribution in [0.4, 0.5) is 0 Å². The van der Waals surface area contributed by atoms with Crippen molar-refractivity contribution in [2.24, 2.45) is 5.73 Å². The zero-order chi connectivity index (χ0) is 20.2. The minimum Gasteiger partial charge on any atom is -0.480 e. The molecule has 0 bridgehead atoms. The molecule has 0 aliphatic heterocycles. The van der Waals surface area contributed by atoms with E-state index in [0.717, 1.165) is 14.7 Å². The number of rotatable bonds is 8. The zero-order valence-electron chi connectivity index (χ0n) is 14.8. The maximum Gasteiger partial charge on any atom is 0.323 e. The van der Waals surface area contributed by atoms with Gasteiger partial charge in [-0.25, -0.2) is 0 Å². The second kappa shape index (κ2) is 12.4. The highest BCUT2D eigenvalue weighted by molar-refractivity contribution is 14.1. The number of carboxylic acid groups (broad SMARTS) is 2. The summed E-state index contributed by atoms with van der Waals surface area (Å²) in [6, 6.07) is 15.6. The molecule has 0 heterocycles. The molecule has 0 radical (unpaired) electrons. The second-order valence-corrected chi connectivity index (χ2v) is 6.92. The highest BCUT2D eigenvalue weighted by Crippen LogP contribution is 2.08. The van der Waals surface area contributed by atoms with Gasteiger partial charge >= 0.3 is 11.9 Å². The molecule has 0 aliphatic rings. The van der Waals surface area contributed by atoms with Crippen molar-refractivity contribution < 1.29 is 24.6 Å². The number of nitrogens with two attached hydrogens (primary N) is 1. The molecule has 2 aromatic carbocycles. The monoisotopic (exact) mass is 486 g/mol. The Balaban J connectivity index is 0.000000271. The van der Waals surface area contributed by atoms with Crippen LogP contribution in [-0.2, 0) is 27.3 Å². The van der Waals surface area contributed by atoms with Crippen LogP contribution in [0.15, 0.2) is 54.6 Å². The normalized spacial score (nSPS) is 12.4. The number of hydroxylamine groups is 1. The Morgan fingerprint density at radius 2 is 1.56 bits per heavy atom. The van der Waals surface area contributed by atoms with Gasteiger partial charge in [0, 0.05) is 9.99 Å². The molecule has 2 aromatic rings. The van der Waals surface area contributed by atoms with Gasteiger partial charge in [-0.3, -0.25) is 9.59 Å². The summed E-state index contributed by atoms with van der Waals surface area (Å²) in [7, 11) is 1.40. The fourth-order valence-corrected chi connectivity index (χ4v) is 2.49. The van der Waals surface area contributed by atoms with Crippen LogP contribution >= 0.6 is 22.6 Å². The van der Waals surface area contributed by atoms with Gasteiger partial charge in [0.05, 0.1) is 7.11 Å². The largest absolute Gasteiger partial charge is 0.480 e. The van der Waals surface area contributed by atoms with Gasteiger partial charge in [-0.2, -0.15) is 5.48 Å². The maximum absolute atomic E-state index is 10.8. The first-order chi connectivity index (χ1) is 12.8. The molecule has 27 heavy (non-hydrogen) atoms. The lowest BCUT2D eigenvalue weighted by molar-refractivity contribution is -0.143. The van der Waals surface area contributed by atoms with E-state index in [1.807, 2.05) is 54.6 Å². The van der Waals surface area contributed by atoms with Gasteiger partial charge in [0.2, 0.25) is 0 Å². The quantitative estimate of drug-likeness (QED) is 0.333. The Morgan fingerprint density at radius 1 is 1.00 bits per heavy atom. The molecule has 146 valence electrons. The Bertz CT molecular complexity index is 710. The molecule has 0 spiro atoms.